The van der Waals surface area contributed by atoms with Gasteiger partial charge in [-0.05, 0) is 48.3 Å². The van der Waals surface area contributed by atoms with E-state index in [9.17, 15) is 9.59 Å². The molecule has 0 aromatic heterocycles. The van der Waals surface area contributed by atoms with E-state index in [1.807, 2.05) is 6.92 Å². The van der Waals surface area contributed by atoms with Gasteiger partial charge in [-0.3, -0.25) is 9.59 Å². The molecule has 0 heterocycles. The lowest BCUT2D eigenvalue weighted by molar-refractivity contribution is -0.159. The number of esters is 1. The maximum Gasteiger partial charge on any atom is 0.316 e. The van der Waals surface area contributed by atoms with Crippen molar-refractivity contribution in [3.63, 3.8) is 0 Å². The van der Waals surface area contributed by atoms with E-state index in [0.29, 0.717) is 12.5 Å². The summed E-state index contributed by atoms with van der Waals surface area (Å²) < 4.78 is 5.80. The molecule has 2 bridgehead atoms. The van der Waals surface area contributed by atoms with Crippen LogP contribution < -0.4 is 0 Å². The van der Waals surface area contributed by atoms with E-state index in [4.69, 9.17) is 4.74 Å². The first-order valence-corrected chi connectivity index (χ1v) is 9.59. The fourth-order valence-electron chi connectivity index (χ4n) is 5.75. The summed E-state index contributed by atoms with van der Waals surface area (Å²) in [7, 11) is 0. The third-order valence-corrected chi connectivity index (χ3v) is 9.24. The molecule has 3 heteroatoms. The summed E-state index contributed by atoms with van der Waals surface area (Å²) >= 11 is 0. The number of Topliss-reactive ketones (excluding diaryl/α,β-unsaturated/α-hetero) is 1. The second-order valence-electron chi connectivity index (χ2n) is 10.4. The van der Waals surface area contributed by atoms with Crippen LogP contribution in [-0.4, -0.2) is 18.4 Å². The fraction of sp³-hybridized carbons (Fsp3) is 0.905. The fourth-order valence-corrected chi connectivity index (χ4v) is 5.75. The average Bonchev–Trinajstić information content (AvgIpc) is 2.91. The number of carbonyl (C=O) groups is 2. The molecule has 3 nitrogen and oxygen atoms in total. The van der Waals surface area contributed by atoms with Crippen LogP contribution in [0.4, 0.5) is 0 Å². The molecular formula is C21H34O3. The Morgan fingerprint density at radius 2 is 1.67 bits per heavy atom. The molecule has 136 valence electrons. The first-order valence-electron chi connectivity index (χ1n) is 9.59. The minimum atomic E-state index is -0.538. The molecule has 0 amide bonds. The van der Waals surface area contributed by atoms with E-state index in [0.717, 1.165) is 19.3 Å². The maximum atomic E-state index is 12.9. The van der Waals surface area contributed by atoms with Crippen LogP contribution in [0, 0.1) is 39.4 Å². The van der Waals surface area contributed by atoms with Crippen molar-refractivity contribution >= 4 is 11.8 Å². The monoisotopic (exact) mass is 334 g/mol. The van der Waals surface area contributed by atoms with Crippen LogP contribution >= 0.6 is 0 Å². The zero-order valence-corrected chi connectivity index (χ0v) is 16.5. The van der Waals surface area contributed by atoms with Crippen LogP contribution in [0.5, 0.6) is 0 Å². The molecule has 24 heavy (non-hydrogen) atoms. The summed E-state index contributed by atoms with van der Waals surface area (Å²) in [6.45, 7) is 15.9. The van der Waals surface area contributed by atoms with Crippen LogP contribution in [-0.2, 0) is 14.3 Å². The number of fused-ring (bicyclic) bond motifs is 2. The third-order valence-electron chi connectivity index (χ3n) is 9.24. The molecule has 0 aromatic carbocycles. The van der Waals surface area contributed by atoms with Crippen molar-refractivity contribution in [3.05, 3.63) is 0 Å². The Balaban J connectivity index is 1.72. The molecule has 0 radical (unpaired) electrons. The van der Waals surface area contributed by atoms with Crippen LogP contribution in [0.2, 0.25) is 0 Å². The molecule has 0 N–H and O–H groups in total. The highest BCUT2D eigenvalue weighted by molar-refractivity contribution is 6.05. The van der Waals surface area contributed by atoms with Crippen LogP contribution in [0.15, 0.2) is 0 Å². The lowest BCUT2D eigenvalue weighted by atomic mass is 9.66. The van der Waals surface area contributed by atoms with Crippen molar-refractivity contribution in [1.29, 1.82) is 0 Å². The molecule has 0 unspecified atom stereocenters. The zero-order valence-electron chi connectivity index (χ0n) is 16.5. The van der Waals surface area contributed by atoms with Crippen molar-refractivity contribution in [2.24, 2.45) is 39.4 Å². The number of rotatable bonds is 3. The predicted molar refractivity (Wildman–Crippen MR) is 94.4 cm³/mol. The Hall–Kier alpha value is -0.860. The molecule has 0 aromatic rings. The lowest BCUT2D eigenvalue weighted by Gasteiger charge is -2.40. The minimum Gasteiger partial charge on any atom is -0.465 e. The van der Waals surface area contributed by atoms with Crippen LogP contribution in [0.25, 0.3) is 0 Å². The van der Waals surface area contributed by atoms with Gasteiger partial charge in [-0.2, -0.15) is 0 Å². The topological polar surface area (TPSA) is 43.4 Å². The van der Waals surface area contributed by atoms with Crippen molar-refractivity contribution in [3.8, 4) is 0 Å². The molecule has 3 aliphatic rings. The first kappa shape index (κ1) is 17.9. The summed E-state index contributed by atoms with van der Waals surface area (Å²) in [5.74, 6) is 0.0920. The standard InChI is InChI=1S/C21H34O3/c1-13-8-10-20(6,18(13,2)3)12-24-17(23)15-14-9-11-21(7,16(15)22)19(14,4)5/h13-15H,8-12H2,1-7H3/t13-,14-,15+,20+,21-/m1/s1. The van der Waals surface area contributed by atoms with Gasteiger partial charge < -0.3 is 4.74 Å². The molecule has 5 atom stereocenters. The molecular weight excluding hydrogens is 300 g/mol. The second-order valence-corrected chi connectivity index (χ2v) is 10.4. The SMILES string of the molecule is C[C@@H]1CC[C@@](C)(COC(=O)[C@@H]2C(=O)[C@@]3(C)CC[C@H]2C3(C)C)C1(C)C. The second kappa shape index (κ2) is 5.08. The summed E-state index contributed by atoms with van der Waals surface area (Å²) in [5, 5.41) is 0. The minimum absolute atomic E-state index is 0.00215. The molecule has 0 aliphatic heterocycles. The van der Waals surface area contributed by atoms with E-state index in [1.54, 1.807) is 0 Å². The molecule has 0 saturated heterocycles. The normalized spacial score (nSPS) is 45.6. The van der Waals surface area contributed by atoms with Gasteiger partial charge in [0.15, 0.2) is 5.78 Å². The summed E-state index contributed by atoms with van der Waals surface area (Å²) in [6.07, 6.45) is 4.14. The van der Waals surface area contributed by atoms with Gasteiger partial charge in [0.05, 0.1) is 6.61 Å². The molecule has 0 spiro atoms. The maximum absolute atomic E-state index is 12.9. The van der Waals surface area contributed by atoms with Crippen molar-refractivity contribution in [2.45, 2.75) is 74.1 Å². The zero-order chi connectivity index (χ0) is 18.1. The van der Waals surface area contributed by atoms with Crippen LogP contribution in [0.3, 0.4) is 0 Å². The van der Waals surface area contributed by atoms with Crippen molar-refractivity contribution in [1.82, 2.24) is 0 Å². The Bertz CT molecular complexity index is 576. The van der Waals surface area contributed by atoms with Gasteiger partial charge in [0.2, 0.25) is 0 Å². The Morgan fingerprint density at radius 1 is 1.04 bits per heavy atom. The van der Waals surface area contributed by atoms with Gasteiger partial charge in [-0.15, -0.1) is 0 Å². The molecule has 3 saturated carbocycles. The van der Waals surface area contributed by atoms with E-state index in [2.05, 4.69) is 41.5 Å². The van der Waals surface area contributed by atoms with Crippen molar-refractivity contribution in [2.75, 3.05) is 6.61 Å². The van der Waals surface area contributed by atoms with Gasteiger partial charge in [-0.1, -0.05) is 48.5 Å². The van der Waals surface area contributed by atoms with Crippen molar-refractivity contribution < 1.29 is 14.3 Å². The number of hydrogen-bond donors (Lipinski definition) is 0. The van der Waals surface area contributed by atoms with Gasteiger partial charge >= 0.3 is 5.97 Å². The highest BCUT2D eigenvalue weighted by Crippen LogP contribution is 2.66. The lowest BCUT2D eigenvalue weighted by Crippen LogP contribution is -2.40. The van der Waals surface area contributed by atoms with Gasteiger partial charge in [0.1, 0.15) is 5.92 Å². The molecule has 3 rings (SSSR count). The van der Waals surface area contributed by atoms with Gasteiger partial charge in [0, 0.05) is 10.8 Å². The molecule has 3 fully saturated rings. The van der Waals surface area contributed by atoms with Gasteiger partial charge in [-0.25, -0.2) is 0 Å². The third kappa shape index (κ3) is 2.02. The first-order chi connectivity index (χ1) is 10.9. The summed E-state index contributed by atoms with van der Waals surface area (Å²) in [4.78, 5) is 25.7. The van der Waals surface area contributed by atoms with E-state index in [-0.39, 0.29) is 39.3 Å². The Labute approximate surface area is 146 Å². The highest BCUT2D eigenvalue weighted by Gasteiger charge is 2.68. The summed E-state index contributed by atoms with van der Waals surface area (Å²) in [6, 6.07) is 0. The van der Waals surface area contributed by atoms with Crippen LogP contribution in [0.1, 0.15) is 74.1 Å². The van der Waals surface area contributed by atoms with E-state index >= 15 is 0 Å². The number of ether oxygens (including phenoxy) is 1. The Morgan fingerprint density at radius 3 is 2.12 bits per heavy atom. The predicted octanol–water partition coefficient (Wildman–Crippen LogP) is 4.63. The Kier molecular flexibility index (Phi) is 3.80. The summed E-state index contributed by atoms with van der Waals surface area (Å²) in [5.41, 5.74) is -0.301. The average molecular weight is 335 g/mol. The quantitative estimate of drug-likeness (QED) is 0.558. The number of hydrogen-bond acceptors (Lipinski definition) is 3. The molecule has 3 aliphatic carbocycles. The number of ketones is 1. The number of carbonyl (C=O) groups excluding carboxylic acids is 2. The van der Waals surface area contributed by atoms with Gasteiger partial charge in [0.25, 0.3) is 0 Å². The smallest absolute Gasteiger partial charge is 0.316 e. The highest BCUT2D eigenvalue weighted by atomic mass is 16.5. The van der Waals surface area contributed by atoms with E-state index in [1.165, 1.54) is 6.42 Å². The largest absolute Gasteiger partial charge is 0.465 e. The van der Waals surface area contributed by atoms with E-state index < -0.39 is 5.92 Å².